The second kappa shape index (κ2) is 6.93. The molecule has 2 aliphatic heterocycles. The van der Waals surface area contributed by atoms with Gasteiger partial charge in [0.05, 0.1) is 6.61 Å². The molecule has 2 bridgehead atoms. The molecule has 0 saturated carbocycles. The first kappa shape index (κ1) is 15.7. The number of ether oxygens (including phenoxy) is 2. The number of nitrogens with zero attached hydrogens (tertiary/aromatic N) is 1. The van der Waals surface area contributed by atoms with E-state index in [-0.39, 0.29) is 37.4 Å². The molecule has 122 valence electrons. The summed E-state index contributed by atoms with van der Waals surface area (Å²) in [7, 11) is 0. The average molecular weight is 317 g/mol. The molecule has 23 heavy (non-hydrogen) atoms. The molecule has 1 N–H and O–H groups in total. The summed E-state index contributed by atoms with van der Waals surface area (Å²) in [6.45, 7) is 0.355. The summed E-state index contributed by atoms with van der Waals surface area (Å²) in [5.74, 6) is -0.843. The first-order valence-corrected chi connectivity index (χ1v) is 7.62. The monoisotopic (exact) mass is 317 g/mol. The lowest BCUT2D eigenvalue weighted by molar-refractivity contribution is -0.141. The average Bonchev–Trinajstić information content (AvgIpc) is 3.10. The van der Waals surface area contributed by atoms with E-state index in [0.717, 1.165) is 12.0 Å². The summed E-state index contributed by atoms with van der Waals surface area (Å²) >= 11 is 0. The van der Waals surface area contributed by atoms with Crippen LogP contribution in [0, 0.1) is 0 Å². The van der Waals surface area contributed by atoms with E-state index in [9.17, 15) is 9.59 Å². The van der Waals surface area contributed by atoms with Crippen LogP contribution in [0.25, 0.3) is 0 Å². The number of hydrogen-bond donors (Lipinski definition) is 1. The molecule has 0 aliphatic carbocycles. The molecule has 2 heterocycles. The van der Waals surface area contributed by atoms with Gasteiger partial charge in [-0.15, -0.1) is 0 Å². The summed E-state index contributed by atoms with van der Waals surface area (Å²) in [6, 6.07) is 9.98. The minimum absolute atomic E-state index is 0.0196. The van der Waals surface area contributed by atoms with Gasteiger partial charge in [0, 0.05) is 18.9 Å². The fraction of sp³-hybridized carbons (Fsp3) is 0.412. The number of carbonyl (C=O) groups excluding carboxylic acids is 1. The molecule has 6 heteroatoms. The van der Waals surface area contributed by atoms with Crippen molar-refractivity contribution in [2.75, 3.05) is 19.8 Å². The van der Waals surface area contributed by atoms with Crippen molar-refractivity contribution in [3.8, 4) is 0 Å². The van der Waals surface area contributed by atoms with Gasteiger partial charge in [0.15, 0.2) is 0 Å². The summed E-state index contributed by atoms with van der Waals surface area (Å²) in [6.07, 6.45) is 3.77. The Morgan fingerprint density at radius 3 is 2.83 bits per heavy atom. The highest BCUT2D eigenvalue weighted by molar-refractivity contribution is 5.85. The standard InChI is InChI=1S/C17H19NO5/c19-15(20)11-22-9-5-4-8-18-14-10-13(16(23-14)17(18)21)12-6-2-1-3-7-12/h1-7,13-14,16H,8-11H2,(H,19,20)/b5-4-/t13?,14-,16?/m1/s1. The Kier molecular flexibility index (Phi) is 4.73. The molecule has 0 radical (unpaired) electrons. The maximum absolute atomic E-state index is 12.4. The van der Waals surface area contributed by atoms with Crippen LogP contribution < -0.4 is 0 Å². The molecule has 1 amide bonds. The fourth-order valence-electron chi connectivity index (χ4n) is 3.09. The number of carboxylic acids is 1. The zero-order chi connectivity index (χ0) is 16.2. The van der Waals surface area contributed by atoms with Crippen molar-refractivity contribution in [1.82, 2.24) is 4.90 Å². The normalized spacial score (nSPS) is 26.3. The Labute approximate surface area is 134 Å². The van der Waals surface area contributed by atoms with Gasteiger partial charge in [-0.25, -0.2) is 4.79 Å². The van der Waals surface area contributed by atoms with Crippen molar-refractivity contribution < 1.29 is 24.2 Å². The minimum atomic E-state index is -0.995. The molecule has 3 rings (SSSR count). The van der Waals surface area contributed by atoms with Crippen molar-refractivity contribution in [3.05, 3.63) is 48.0 Å². The second-order valence-corrected chi connectivity index (χ2v) is 5.64. The van der Waals surface area contributed by atoms with E-state index < -0.39 is 5.97 Å². The number of benzene rings is 1. The van der Waals surface area contributed by atoms with E-state index in [1.165, 1.54) is 0 Å². The fourth-order valence-corrected chi connectivity index (χ4v) is 3.09. The largest absolute Gasteiger partial charge is 0.480 e. The maximum atomic E-state index is 12.4. The Morgan fingerprint density at radius 1 is 1.35 bits per heavy atom. The van der Waals surface area contributed by atoms with Crippen molar-refractivity contribution in [1.29, 1.82) is 0 Å². The topological polar surface area (TPSA) is 76.1 Å². The molecule has 0 aromatic heterocycles. The van der Waals surface area contributed by atoms with Crippen LogP contribution in [-0.4, -0.2) is 54.0 Å². The van der Waals surface area contributed by atoms with Crippen LogP contribution in [0.1, 0.15) is 17.9 Å². The molecule has 2 fully saturated rings. The van der Waals surface area contributed by atoms with E-state index >= 15 is 0 Å². The van der Waals surface area contributed by atoms with Gasteiger partial charge in [0.25, 0.3) is 5.91 Å². The van der Waals surface area contributed by atoms with E-state index in [1.54, 1.807) is 17.1 Å². The van der Waals surface area contributed by atoms with Crippen molar-refractivity contribution in [2.45, 2.75) is 24.7 Å². The predicted octanol–water partition coefficient (Wildman–Crippen LogP) is 1.38. The van der Waals surface area contributed by atoms with Crippen LogP contribution >= 0.6 is 0 Å². The molecule has 6 nitrogen and oxygen atoms in total. The van der Waals surface area contributed by atoms with Gasteiger partial charge in [-0.3, -0.25) is 4.79 Å². The first-order chi connectivity index (χ1) is 11.2. The third-order valence-electron chi connectivity index (χ3n) is 4.13. The number of hydrogen-bond acceptors (Lipinski definition) is 4. The lowest BCUT2D eigenvalue weighted by Gasteiger charge is -2.27. The van der Waals surface area contributed by atoms with Crippen molar-refractivity contribution in [2.24, 2.45) is 0 Å². The summed E-state index contributed by atoms with van der Waals surface area (Å²) in [5, 5.41) is 8.45. The Hall–Kier alpha value is -2.18. The van der Waals surface area contributed by atoms with Gasteiger partial charge in [0.2, 0.25) is 0 Å². The van der Waals surface area contributed by atoms with Gasteiger partial charge >= 0.3 is 5.97 Å². The molecular formula is C17H19NO5. The number of carbonyl (C=O) groups is 2. The number of rotatable bonds is 7. The molecule has 0 spiro atoms. The molecule has 1 aromatic carbocycles. The van der Waals surface area contributed by atoms with Crippen molar-refractivity contribution >= 4 is 11.9 Å². The molecule has 2 aliphatic rings. The van der Waals surface area contributed by atoms with E-state index in [4.69, 9.17) is 14.6 Å². The van der Waals surface area contributed by atoms with E-state index in [1.807, 2.05) is 30.3 Å². The van der Waals surface area contributed by atoms with E-state index in [2.05, 4.69) is 0 Å². The highest BCUT2D eigenvalue weighted by Crippen LogP contribution is 2.42. The number of carboxylic acid groups (broad SMARTS) is 1. The summed E-state index contributed by atoms with van der Waals surface area (Å²) in [5.41, 5.74) is 1.14. The second-order valence-electron chi connectivity index (χ2n) is 5.64. The Morgan fingerprint density at radius 2 is 2.13 bits per heavy atom. The Balaban J connectivity index is 1.51. The smallest absolute Gasteiger partial charge is 0.329 e. The van der Waals surface area contributed by atoms with Crippen LogP contribution in [0.5, 0.6) is 0 Å². The van der Waals surface area contributed by atoms with Crippen LogP contribution in [0.15, 0.2) is 42.5 Å². The number of aliphatic carboxylic acids is 1. The summed E-state index contributed by atoms with van der Waals surface area (Å²) in [4.78, 5) is 24.4. The van der Waals surface area contributed by atoms with Gasteiger partial charge in [0.1, 0.15) is 18.9 Å². The van der Waals surface area contributed by atoms with Crippen LogP contribution in [-0.2, 0) is 19.1 Å². The lowest BCUT2D eigenvalue weighted by Crippen LogP contribution is -2.41. The molecule has 2 unspecified atom stereocenters. The first-order valence-electron chi connectivity index (χ1n) is 7.62. The Bertz CT molecular complexity index is 600. The zero-order valence-corrected chi connectivity index (χ0v) is 12.6. The third-order valence-corrected chi connectivity index (χ3v) is 4.13. The third kappa shape index (κ3) is 3.43. The summed E-state index contributed by atoms with van der Waals surface area (Å²) < 4.78 is 10.7. The molecule has 1 aromatic rings. The molecule has 2 saturated heterocycles. The number of fused-ring (bicyclic) bond motifs is 2. The quantitative estimate of drug-likeness (QED) is 0.607. The van der Waals surface area contributed by atoms with Gasteiger partial charge in [-0.2, -0.15) is 0 Å². The number of likely N-dealkylation sites (tertiary alicyclic amines) is 1. The van der Waals surface area contributed by atoms with Gasteiger partial charge < -0.3 is 19.5 Å². The predicted molar refractivity (Wildman–Crippen MR) is 81.8 cm³/mol. The minimum Gasteiger partial charge on any atom is -0.480 e. The van der Waals surface area contributed by atoms with Crippen LogP contribution in [0.4, 0.5) is 0 Å². The van der Waals surface area contributed by atoms with Crippen LogP contribution in [0.2, 0.25) is 0 Å². The van der Waals surface area contributed by atoms with Crippen molar-refractivity contribution in [3.63, 3.8) is 0 Å². The van der Waals surface area contributed by atoms with Gasteiger partial charge in [-0.05, 0) is 5.56 Å². The van der Waals surface area contributed by atoms with Gasteiger partial charge in [-0.1, -0.05) is 42.5 Å². The molecular weight excluding hydrogens is 298 g/mol. The highest BCUT2D eigenvalue weighted by atomic mass is 16.5. The van der Waals surface area contributed by atoms with Crippen LogP contribution in [0.3, 0.4) is 0 Å². The van der Waals surface area contributed by atoms with E-state index in [0.29, 0.717) is 6.54 Å². The highest BCUT2D eigenvalue weighted by Gasteiger charge is 2.51. The SMILES string of the molecule is O=C(O)COC/C=C\CN1C(=O)C2O[C@@H]1CC2c1ccccc1. The maximum Gasteiger partial charge on any atom is 0.329 e. The number of piperidine rings is 1. The number of amides is 1. The molecule has 3 atom stereocenters. The lowest BCUT2D eigenvalue weighted by atomic mass is 9.89. The zero-order valence-electron chi connectivity index (χ0n) is 12.6.